The van der Waals surface area contributed by atoms with Gasteiger partial charge < -0.3 is 4.90 Å². The van der Waals surface area contributed by atoms with Crippen molar-refractivity contribution in [2.24, 2.45) is 0 Å². The molecule has 1 unspecified atom stereocenters. The average molecular weight is 346 g/mol. The van der Waals surface area contributed by atoms with E-state index in [2.05, 4.69) is 43.0 Å². The zero-order valence-electron chi connectivity index (χ0n) is 15.6. The molecule has 1 aromatic rings. The molecule has 0 aliphatic carbocycles. The highest BCUT2D eigenvalue weighted by molar-refractivity contribution is 5.79. The lowest BCUT2D eigenvalue weighted by Crippen LogP contribution is -2.47. The van der Waals surface area contributed by atoms with Gasteiger partial charge in [0.1, 0.15) is 6.67 Å². The molecule has 3 rings (SSSR count). The zero-order valence-corrected chi connectivity index (χ0v) is 15.6. The van der Waals surface area contributed by atoms with Crippen molar-refractivity contribution in [2.75, 3.05) is 26.3 Å². The first-order chi connectivity index (χ1) is 12.0. The lowest BCUT2D eigenvalue weighted by molar-refractivity contribution is -0.131. The monoisotopic (exact) mass is 346 g/mol. The molecule has 0 saturated carbocycles. The summed E-state index contributed by atoms with van der Waals surface area (Å²) in [7, 11) is 0. The fraction of sp³-hybridized carbons (Fsp3) is 0.667. The van der Waals surface area contributed by atoms with Gasteiger partial charge in [0.05, 0.1) is 0 Å². The fourth-order valence-corrected chi connectivity index (χ4v) is 4.50. The third-order valence-corrected chi connectivity index (χ3v) is 6.05. The number of hydrogen-bond donors (Lipinski definition) is 0. The van der Waals surface area contributed by atoms with E-state index in [-0.39, 0.29) is 18.0 Å². The summed E-state index contributed by atoms with van der Waals surface area (Å²) in [4.78, 5) is 16.5. The van der Waals surface area contributed by atoms with E-state index in [1.165, 1.54) is 11.1 Å². The molecule has 2 saturated heterocycles. The summed E-state index contributed by atoms with van der Waals surface area (Å²) >= 11 is 0. The van der Waals surface area contributed by atoms with Crippen molar-refractivity contribution >= 4 is 5.91 Å². The second-order valence-electron chi connectivity index (χ2n) is 7.98. The molecule has 25 heavy (non-hydrogen) atoms. The summed E-state index contributed by atoms with van der Waals surface area (Å²) in [5, 5.41) is 0. The van der Waals surface area contributed by atoms with Gasteiger partial charge in [0.15, 0.2) is 0 Å². The molecular formula is C21H31FN2O. The van der Waals surface area contributed by atoms with E-state index < -0.39 is 6.67 Å². The van der Waals surface area contributed by atoms with Gasteiger partial charge in [0.25, 0.3) is 0 Å². The van der Waals surface area contributed by atoms with Gasteiger partial charge in [-0.05, 0) is 49.3 Å². The molecule has 2 aliphatic heterocycles. The molecule has 0 aromatic heterocycles. The van der Waals surface area contributed by atoms with Crippen LogP contribution in [0.2, 0.25) is 0 Å². The Hall–Kier alpha value is -1.42. The minimum Gasteiger partial charge on any atom is -0.334 e. The summed E-state index contributed by atoms with van der Waals surface area (Å²) in [6.07, 6.45) is 4.57. The van der Waals surface area contributed by atoms with Gasteiger partial charge in [-0.2, -0.15) is 0 Å². The second-order valence-corrected chi connectivity index (χ2v) is 7.98. The van der Waals surface area contributed by atoms with Crippen LogP contribution in [0.25, 0.3) is 0 Å². The minimum absolute atomic E-state index is 0.0839. The highest BCUT2D eigenvalue weighted by Gasteiger charge is 2.45. The van der Waals surface area contributed by atoms with E-state index >= 15 is 0 Å². The smallest absolute Gasteiger partial charge is 0.223 e. The molecule has 3 nitrogen and oxygen atoms in total. The van der Waals surface area contributed by atoms with Crippen LogP contribution in [-0.2, 0) is 11.3 Å². The van der Waals surface area contributed by atoms with Crippen LogP contribution in [0, 0.1) is 0 Å². The lowest BCUT2D eigenvalue weighted by atomic mass is 9.88. The van der Waals surface area contributed by atoms with E-state index in [0.717, 1.165) is 45.3 Å². The molecule has 1 aromatic carbocycles. The van der Waals surface area contributed by atoms with Gasteiger partial charge in [0, 0.05) is 31.6 Å². The largest absolute Gasteiger partial charge is 0.334 e. The molecule has 1 atom stereocenters. The van der Waals surface area contributed by atoms with Crippen LogP contribution in [0.4, 0.5) is 4.39 Å². The number of benzene rings is 1. The summed E-state index contributed by atoms with van der Waals surface area (Å²) in [5.74, 6) is 0.712. The number of carbonyl (C=O) groups excluding carboxylic acids is 1. The minimum atomic E-state index is -0.431. The van der Waals surface area contributed by atoms with Crippen molar-refractivity contribution in [3.8, 4) is 0 Å². The number of alkyl halides is 1. The number of carbonyl (C=O) groups is 1. The topological polar surface area (TPSA) is 23.6 Å². The summed E-state index contributed by atoms with van der Waals surface area (Å²) in [6.45, 7) is 7.29. The molecule has 2 heterocycles. The number of halogens is 1. The van der Waals surface area contributed by atoms with Crippen LogP contribution in [0.15, 0.2) is 24.3 Å². The molecule has 2 aliphatic rings. The summed E-state index contributed by atoms with van der Waals surface area (Å²) in [6, 6.07) is 8.95. The Kier molecular flexibility index (Phi) is 5.78. The quantitative estimate of drug-likeness (QED) is 0.800. The van der Waals surface area contributed by atoms with E-state index in [0.29, 0.717) is 12.3 Å². The Bertz CT molecular complexity index is 586. The van der Waals surface area contributed by atoms with E-state index in [1.54, 1.807) is 0 Å². The van der Waals surface area contributed by atoms with Crippen LogP contribution in [0.1, 0.15) is 63.0 Å². The molecule has 138 valence electrons. The van der Waals surface area contributed by atoms with Crippen molar-refractivity contribution in [2.45, 2.75) is 64.0 Å². The van der Waals surface area contributed by atoms with E-state index in [1.807, 2.05) is 4.90 Å². The molecule has 0 N–H and O–H groups in total. The second kappa shape index (κ2) is 7.86. The van der Waals surface area contributed by atoms with Crippen molar-refractivity contribution in [1.29, 1.82) is 0 Å². The Balaban J connectivity index is 1.62. The van der Waals surface area contributed by atoms with Crippen LogP contribution in [0.3, 0.4) is 0 Å². The first-order valence-corrected chi connectivity index (χ1v) is 9.72. The Morgan fingerprint density at radius 2 is 1.88 bits per heavy atom. The Labute approximate surface area is 151 Å². The number of amides is 1. The van der Waals surface area contributed by atoms with Crippen molar-refractivity contribution < 1.29 is 9.18 Å². The van der Waals surface area contributed by atoms with Gasteiger partial charge >= 0.3 is 0 Å². The molecule has 2 fully saturated rings. The predicted molar refractivity (Wildman–Crippen MR) is 99.3 cm³/mol. The van der Waals surface area contributed by atoms with Gasteiger partial charge in [-0.3, -0.25) is 9.69 Å². The highest BCUT2D eigenvalue weighted by atomic mass is 19.1. The van der Waals surface area contributed by atoms with Crippen molar-refractivity contribution in [1.82, 2.24) is 9.80 Å². The van der Waals surface area contributed by atoms with Gasteiger partial charge in [-0.1, -0.05) is 38.1 Å². The molecule has 1 amide bonds. The number of hydrogen-bond acceptors (Lipinski definition) is 2. The fourth-order valence-electron chi connectivity index (χ4n) is 4.50. The third kappa shape index (κ3) is 4.05. The predicted octanol–water partition coefficient (Wildman–Crippen LogP) is 4.13. The first kappa shape index (κ1) is 18.4. The third-order valence-electron chi connectivity index (χ3n) is 6.05. The maximum atomic E-state index is 12.9. The van der Waals surface area contributed by atoms with E-state index in [9.17, 15) is 9.18 Å². The van der Waals surface area contributed by atoms with Gasteiger partial charge in [0.2, 0.25) is 5.91 Å². The first-order valence-electron chi connectivity index (χ1n) is 9.72. The Morgan fingerprint density at radius 3 is 2.56 bits per heavy atom. The SMILES string of the molecule is CC(C)c1ccc(CN2CCCC3(CCC(=O)N3CCF)CC2)cc1. The summed E-state index contributed by atoms with van der Waals surface area (Å²) in [5.41, 5.74) is 2.65. The van der Waals surface area contributed by atoms with Crippen LogP contribution < -0.4 is 0 Å². The number of likely N-dealkylation sites (tertiary alicyclic amines) is 2. The van der Waals surface area contributed by atoms with Crippen LogP contribution in [-0.4, -0.2) is 47.6 Å². The van der Waals surface area contributed by atoms with Crippen molar-refractivity contribution in [3.05, 3.63) is 35.4 Å². The number of nitrogens with zero attached hydrogens (tertiary/aromatic N) is 2. The molecule has 0 bridgehead atoms. The van der Waals surface area contributed by atoms with Crippen LogP contribution >= 0.6 is 0 Å². The van der Waals surface area contributed by atoms with Crippen LogP contribution in [0.5, 0.6) is 0 Å². The average Bonchev–Trinajstić information content (AvgIpc) is 2.78. The van der Waals surface area contributed by atoms with Crippen molar-refractivity contribution in [3.63, 3.8) is 0 Å². The van der Waals surface area contributed by atoms with Gasteiger partial charge in [-0.15, -0.1) is 0 Å². The zero-order chi connectivity index (χ0) is 17.9. The Morgan fingerprint density at radius 1 is 1.12 bits per heavy atom. The number of rotatable bonds is 5. The lowest BCUT2D eigenvalue weighted by Gasteiger charge is -2.37. The molecular weight excluding hydrogens is 315 g/mol. The summed E-state index contributed by atoms with van der Waals surface area (Å²) < 4.78 is 12.9. The van der Waals surface area contributed by atoms with Gasteiger partial charge in [-0.25, -0.2) is 4.39 Å². The molecule has 1 spiro atoms. The standard InChI is InChI=1S/C21H31FN2O/c1-17(2)19-6-4-18(5-7-19)16-23-13-3-9-21(11-14-23)10-8-20(25)24(21)15-12-22/h4-7,17H,3,8-16H2,1-2H3. The maximum absolute atomic E-state index is 12.9. The maximum Gasteiger partial charge on any atom is 0.223 e. The molecule has 0 radical (unpaired) electrons. The normalized spacial score (nSPS) is 25.1. The van der Waals surface area contributed by atoms with E-state index in [4.69, 9.17) is 0 Å². The molecule has 4 heteroatoms. The highest BCUT2D eigenvalue weighted by Crippen LogP contribution is 2.39.